The molecule has 2 nitrogen and oxygen atoms in total. The fraction of sp³-hybridized carbons (Fsp3) is 0.778. The third-order valence-electron chi connectivity index (χ3n) is 1.32. The van der Waals surface area contributed by atoms with Crippen LogP contribution in [0.2, 0.25) is 0 Å². The van der Waals surface area contributed by atoms with Crippen LogP contribution in [0.15, 0.2) is 0 Å². The number of aliphatic hydroxyl groups excluding tert-OH is 1. The molecule has 0 aromatic rings. The highest BCUT2D eigenvalue weighted by Crippen LogP contribution is 1.99. The minimum Gasteiger partial charge on any atom is -0.396 e. The van der Waals surface area contributed by atoms with Crippen LogP contribution in [0.3, 0.4) is 0 Å². The van der Waals surface area contributed by atoms with E-state index in [4.69, 9.17) is 11.5 Å². The Bertz CT molecular complexity index is 122. The normalized spacial score (nSPS) is 9.67. The number of nitrogens with one attached hydrogen (secondary N) is 1. The molecule has 0 saturated carbocycles. The molecule has 0 fully saturated rings. The first-order chi connectivity index (χ1) is 5.91. The highest BCUT2D eigenvalue weighted by molar-refractivity contribution is 7.99. The Morgan fingerprint density at radius 3 is 2.83 bits per heavy atom. The Balaban J connectivity index is 2.78. The van der Waals surface area contributed by atoms with E-state index >= 15 is 0 Å². The van der Waals surface area contributed by atoms with Crippen LogP contribution < -0.4 is 5.32 Å². The van der Waals surface area contributed by atoms with Crippen LogP contribution in [0, 0.1) is 12.3 Å². The zero-order valence-electron chi connectivity index (χ0n) is 7.38. The monoisotopic (exact) mass is 187 g/mol. The van der Waals surface area contributed by atoms with Gasteiger partial charge in [0.25, 0.3) is 0 Å². The number of hydrogen-bond donors (Lipinski definition) is 2. The summed E-state index contributed by atoms with van der Waals surface area (Å²) in [6, 6.07) is 0. The van der Waals surface area contributed by atoms with Crippen LogP contribution >= 0.6 is 11.8 Å². The summed E-state index contributed by atoms with van der Waals surface area (Å²) >= 11 is 1.86. The molecule has 0 aliphatic carbocycles. The topological polar surface area (TPSA) is 32.3 Å². The lowest BCUT2D eigenvalue weighted by Crippen LogP contribution is -2.18. The summed E-state index contributed by atoms with van der Waals surface area (Å²) in [5.74, 6) is 4.73. The SMILES string of the molecule is C#CCCNCCSCCCO. The van der Waals surface area contributed by atoms with Crippen molar-refractivity contribution in [1.29, 1.82) is 0 Å². The van der Waals surface area contributed by atoms with Crippen molar-refractivity contribution in [3.05, 3.63) is 0 Å². The molecule has 12 heavy (non-hydrogen) atoms. The molecule has 3 heteroatoms. The van der Waals surface area contributed by atoms with E-state index in [1.807, 2.05) is 11.8 Å². The van der Waals surface area contributed by atoms with Gasteiger partial charge in [0, 0.05) is 31.9 Å². The summed E-state index contributed by atoms with van der Waals surface area (Å²) in [6.45, 7) is 2.23. The Morgan fingerprint density at radius 1 is 1.33 bits per heavy atom. The summed E-state index contributed by atoms with van der Waals surface area (Å²) < 4.78 is 0. The van der Waals surface area contributed by atoms with Gasteiger partial charge in [0.05, 0.1) is 0 Å². The first-order valence-corrected chi connectivity index (χ1v) is 5.40. The van der Waals surface area contributed by atoms with Crippen LogP contribution in [0.5, 0.6) is 0 Å². The molecule has 0 rings (SSSR count). The molecule has 0 amide bonds. The molecule has 0 aromatic carbocycles. The minimum absolute atomic E-state index is 0.303. The molecule has 0 atom stereocenters. The third-order valence-corrected chi connectivity index (χ3v) is 2.39. The highest BCUT2D eigenvalue weighted by Gasteiger charge is 1.88. The quantitative estimate of drug-likeness (QED) is 0.434. The Kier molecular flexibility index (Phi) is 10.7. The predicted octanol–water partition coefficient (Wildman–Crippen LogP) is 0.715. The fourth-order valence-corrected chi connectivity index (χ4v) is 1.52. The zero-order valence-corrected chi connectivity index (χ0v) is 8.20. The van der Waals surface area contributed by atoms with Crippen molar-refractivity contribution < 1.29 is 5.11 Å². The number of hydrogen-bond acceptors (Lipinski definition) is 3. The summed E-state index contributed by atoms with van der Waals surface area (Å²) in [6.07, 6.45) is 6.79. The van der Waals surface area contributed by atoms with Gasteiger partial charge in [-0.25, -0.2) is 0 Å². The Hall–Kier alpha value is -0.170. The molecule has 0 spiro atoms. The molecule has 0 unspecified atom stereocenters. The van der Waals surface area contributed by atoms with Gasteiger partial charge in [-0.3, -0.25) is 0 Å². The van der Waals surface area contributed by atoms with E-state index < -0.39 is 0 Å². The van der Waals surface area contributed by atoms with Crippen molar-refractivity contribution in [3.63, 3.8) is 0 Å². The molecule has 0 aliphatic rings. The maximum atomic E-state index is 8.49. The van der Waals surface area contributed by atoms with Gasteiger partial charge < -0.3 is 10.4 Å². The molecule has 0 bridgehead atoms. The van der Waals surface area contributed by atoms with Gasteiger partial charge in [-0.05, 0) is 12.2 Å². The van der Waals surface area contributed by atoms with E-state index in [9.17, 15) is 0 Å². The van der Waals surface area contributed by atoms with Crippen LogP contribution in [0.25, 0.3) is 0 Å². The average Bonchev–Trinajstić information content (AvgIpc) is 2.10. The zero-order chi connectivity index (χ0) is 9.07. The van der Waals surface area contributed by atoms with Crippen molar-refractivity contribution >= 4 is 11.8 Å². The van der Waals surface area contributed by atoms with Gasteiger partial charge >= 0.3 is 0 Å². The summed E-state index contributed by atoms with van der Waals surface area (Å²) in [7, 11) is 0. The minimum atomic E-state index is 0.303. The molecular weight excluding hydrogens is 170 g/mol. The molecule has 70 valence electrons. The molecule has 0 aromatic heterocycles. The van der Waals surface area contributed by atoms with Gasteiger partial charge in [0.15, 0.2) is 0 Å². The van der Waals surface area contributed by atoms with Crippen molar-refractivity contribution in [3.8, 4) is 12.3 Å². The molecule has 0 aliphatic heterocycles. The molecule has 2 N–H and O–H groups in total. The fourth-order valence-electron chi connectivity index (χ4n) is 0.699. The summed E-state index contributed by atoms with van der Waals surface area (Å²) in [5.41, 5.74) is 0. The van der Waals surface area contributed by atoms with Crippen LogP contribution in [-0.2, 0) is 0 Å². The van der Waals surface area contributed by atoms with Gasteiger partial charge in [0.2, 0.25) is 0 Å². The standard InChI is InChI=1S/C9H17NOS/c1-2-3-5-10-6-9-12-8-4-7-11/h1,10-11H,3-9H2. The predicted molar refractivity (Wildman–Crippen MR) is 55.3 cm³/mol. The Labute approximate surface area is 79.1 Å². The summed E-state index contributed by atoms with van der Waals surface area (Å²) in [5, 5.41) is 11.7. The molecule has 0 heterocycles. The largest absolute Gasteiger partial charge is 0.396 e. The van der Waals surface area contributed by atoms with E-state index in [0.717, 1.165) is 37.4 Å². The summed E-state index contributed by atoms with van der Waals surface area (Å²) in [4.78, 5) is 0. The van der Waals surface area contributed by atoms with E-state index in [-0.39, 0.29) is 0 Å². The second kappa shape index (κ2) is 10.8. The van der Waals surface area contributed by atoms with E-state index in [1.165, 1.54) is 0 Å². The number of aliphatic hydroxyl groups is 1. The van der Waals surface area contributed by atoms with Gasteiger partial charge in [-0.15, -0.1) is 12.3 Å². The maximum absolute atomic E-state index is 8.49. The number of terminal acetylenes is 1. The van der Waals surface area contributed by atoms with Gasteiger partial charge in [-0.1, -0.05) is 0 Å². The van der Waals surface area contributed by atoms with Crippen molar-refractivity contribution in [2.75, 3.05) is 31.2 Å². The van der Waals surface area contributed by atoms with Crippen LogP contribution in [0.1, 0.15) is 12.8 Å². The van der Waals surface area contributed by atoms with Crippen LogP contribution in [-0.4, -0.2) is 36.3 Å². The van der Waals surface area contributed by atoms with E-state index in [2.05, 4.69) is 11.2 Å². The Morgan fingerprint density at radius 2 is 2.17 bits per heavy atom. The van der Waals surface area contributed by atoms with Gasteiger partial charge in [0.1, 0.15) is 0 Å². The van der Waals surface area contributed by atoms with E-state index in [1.54, 1.807) is 0 Å². The number of thioether (sulfide) groups is 1. The maximum Gasteiger partial charge on any atom is 0.0438 e. The van der Waals surface area contributed by atoms with Crippen LogP contribution in [0.4, 0.5) is 0 Å². The van der Waals surface area contributed by atoms with Crippen molar-refractivity contribution in [1.82, 2.24) is 5.32 Å². The average molecular weight is 187 g/mol. The molecule has 0 radical (unpaired) electrons. The second-order valence-electron chi connectivity index (χ2n) is 2.39. The first kappa shape index (κ1) is 11.8. The van der Waals surface area contributed by atoms with Crippen molar-refractivity contribution in [2.24, 2.45) is 0 Å². The first-order valence-electron chi connectivity index (χ1n) is 4.24. The molecular formula is C9H17NOS. The smallest absolute Gasteiger partial charge is 0.0438 e. The van der Waals surface area contributed by atoms with E-state index in [0.29, 0.717) is 6.61 Å². The lowest BCUT2D eigenvalue weighted by Gasteiger charge is -2.01. The second-order valence-corrected chi connectivity index (χ2v) is 3.62. The highest BCUT2D eigenvalue weighted by atomic mass is 32.2. The lowest BCUT2D eigenvalue weighted by atomic mass is 10.4. The van der Waals surface area contributed by atoms with Gasteiger partial charge in [-0.2, -0.15) is 11.8 Å². The molecule has 0 saturated heterocycles. The lowest BCUT2D eigenvalue weighted by molar-refractivity contribution is 0.296. The third kappa shape index (κ3) is 9.83. The number of rotatable bonds is 8. The van der Waals surface area contributed by atoms with Crippen molar-refractivity contribution in [2.45, 2.75) is 12.8 Å².